The molecule has 2 N–H and O–H groups in total. The van der Waals surface area contributed by atoms with Crippen LogP contribution in [0, 0.1) is 0 Å². The molecular weight excluding hydrogens is 234 g/mol. The topological polar surface area (TPSA) is 51.8 Å². The van der Waals surface area contributed by atoms with E-state index >= 15 is 0 Å². The second-order valence-electron chi connectivity index (χ2n) is 5.48. The van der Waals surface area contributed by atoms with Gasteiger partial charge in [-0.1, -0.05) is 39.8 Å². The third-order valence-corrected chi connectivity index (χ3v) is 3.09. The molecule has 0 saturated carbocycles. The summed E-state index contributed by atoms with van der Waals surface area (Å²) in [5, 5.41) is 0. The molecule has 0 aliphatic carbocycles. The Balaban J connectivity index is 2.56. The first-order chi connectivity index (χ1) is 8.97. The van der Waals surface area contributed by atoms with Crippen molar-refractivity contribution in [2.45, 2.75) is 39.5 Å². The lowest BCUT2D eigenvalue weighted by atomic mass is 10.0. The summed E-state index contributed by atoms with van der Waals surface area (Å²) in [6.07, 6.45) is 0. The van der Waals surface area contributed by atoms with E-state index in [2.05, 4.69) is 43.7 Å². The fourth-order valence-electron chi connectivity index (χ4n) is 1.88. The molecule has 2 aromatic rings. The van der Waals surface area contributed by atoms with Gasteiger partial charge in [-0.2, -0.15) is 0 Å². The zero-order chi connectivity index (χ0) is 14.0. The maximum atomic E-state index is 5.84. The average Bonchev–Trinajstić information content (AvgIpc) is 2.38. The lowest BCUT2D eigenvalue weighted by Crippen LogP contribution is -2.03. The van der Waals surface area contributed by atoms with E-state index in [9.17, 15) is 0 Å². The van der Waals surface area contributed by atoms with Crippen molar-refractivity contribution in [1.82, 2.24) is 9.97 Å². The Morgan fingerprint density at radius 2 is 1.47 bits per heavy atom. The smallest absolute Gasteiger partial charge is 0.159 e. The summed E-state index contributed by atoms with van der Waals surface area (Å²) < 4.78 is 0. The van der Waals surface area contributed by atoms with Gasteiger partial charge in [0.25, 0.3) is 0 Å². The molecule has 0 spiro atoms. The zero-order valence-corrected chi connectivity index (χ0v) is 12.0. The lowest BCUT2D eigenvalue weighted by Gasteiger charge is -2.12. The molecule has 0 radical (unpaired) electrons. The van der Waals surface area contributed by atoms with E-state index in [-0.39, 0.29) is 0 Å². The summed E-state index contributed by atoms with van der Waals surface area (Å²) in [6, 6.07) is 9.83. The Bertz CT molecular complexity index is 548. The molecule has 3 heteroatoms. The minimum atomic E-state index is 0.389. The van der Waals surface area contributed by atoms with E-state index in [1.807, 2.05) is 24.3 Å². The molecule has 0 aliphatic rings. The summed E-state index contributed by atoms with van der Waals surface area (Å²) in [5.41, 5.74) is 9.71. The van der Waals surface area contributed by atoms with E-state index in [0.29, 0.717) is 11.8 Å². The minimum Gasteiger partial charge on any atom is -0.399 e. The van der Waals surface area contributed by atoms with Crippen LogP contribution in [0.25, 0.3) is 11.4 Å². The Labute approximate surface area is 114 Å². The van der Waals surface area contributed by atoms with Gasteiger partial charge in [0.05, 0.1) is 0 Å². The molecular formula is C16H21N3. The highest BCUT2D eigenvalue weighted by Crippen LogP contribution is 2.24. The van der Waals surface area contributed by atoms with Gasteiger partial charge in [0.15, 0.2) is 5.82 Å². The molecule has 1 aromatic heterocycles. The maximum Gasteiger partial charge on any atom is 0.159 e. The van der Waals surface area contributed by atoms with Crippen molar-refractivity contribution in [3.05, 3.63) is 41.7 Å². The van der Waals surface area contributed by atoms with Gasteiger partial charge in [0.2, 0.25) is 0 Å². The number of nitrogens with zero attached hydrogens (tertiary/aromatic N) is 2. The van der Waals surface area contributed by atoms with Gasteiger partial charge >= 0.3 is 0 Å². The van der Waals surface area contributed by atoms with Crippen molar-refractivity contribution in [2.24, 2.45) is 0 Å². The summed E-state index contributed by atoms with van der Waals surface area (Å²) >= 11 is 0. The summed E-state index contributed by atoms with van der Waals surface area (Å²) in [6.45, 7) is 8.59. The highest BCUT2D eigenvalue weighted by Gasteiger charge is 2.11. The van der Waals surface area contributed by atoms with E-state index in [1.54, 1.807) is 0 Å². The van der Waals surface area contributed by atoms with Gasteiger partial charge in [0.1, 0.15) is 0 Å². The quantitative estimate of drug-likeness (QED) is 0.844. The Morgan fingerprint density at radius 1 is 0.895 bits per heavy atom. The summed E-state index contributed by atoms with van der Waals surface area (Å²) in [5.74, 6) is 1.54. The third kappa shape index (κ3) is 3.11. The first kappa shape index (κ1) is 13.5. The van der Waals surface area contributed by atoms with Crippen LogP contribution >= 0.6 is 0 Å². The molecule has 0 atom stereocenters. The van der Waals surface area contributed by atoms with Gasteiger partial charge in [-0.15, -0.1) is 0 Å². The number of hydrogen-bond acceptors (Lipinski definition) is 3. The van der Waals surface area contributed by atoms with Gasteiger partial charge in [-0.25, -0.2) is 9.97 Å². The molecule has 3 nitrogen and oxygen atoms in total. The van der Waals surface area contributed by atoms with Crippen LogP contribution in [0.3, 0.4) is 0 Å². The Morgan fingerprint density at radius 3 is 1.95 bits per heavy atom. The molecule has 1 heterocycles. The molecule has 19 heavy (non-hydrogen) atoms. The molecule has 0 aliphatic heterocycles. The highest BCUT2D eigenvalue weighted by atomic mass is 14.9. The van der Waals surface area contributed by atoms with Crippen molar-refractivity contribution >= 4 is 5.69 Å². The largest absolute Gasteiger partial charge is 0.399 e. The molecule has 0 fully saturated rings. The molecule has 0 unspecified atom stereocenters. The number of nitrogens with two attached hydrogens (primary N) is 1. The van der Waals surface area contributed by atoms with Gasteiger partial charge in [0, 0.05) is 22.6 Å². The lowest BCUT2D eigenvalue weighted by molar-refractivity contribution is 0.771. The van der Waals surface area contributed by atoms with Crippen molar-refractivity contribution < 1.29 is 0 Å². The number of benzene rings is 1. The van der Waals surface area contributed by atoms with Crippen molar-refractivity contribution in [3.8, 4) is 11.4 Å². The van der Waals surface area contributed by atoms with Crippen molar-refractivity contribution in [3.63, 3.8) is 0 Å². The predicted octanol–water partition coefficient (Wildman–Crippen LogP) is 3.97. The standard InChI is InChI=1S/C16H21N3/c1-10(2)14-9-15(11(3)4)19-16(18-14)12-6-5-7-13(17)8-12/h5-11H,17H2,1-4H3. The fraction of sp³-hybridized carbons (Fsp3) is 0.375. The third-order valence-electron chi connectivity index (χ3n) is 3.09. The van der Waals surface area contributed by atoms with Crippen LogP contribution in [0.1, 0.15) is 50.9 Å². The minimum absolute atomic E-state index is 0.389. The predicted molar refractivity (Wildman–Crippen MR) is 80.1 cm³/mol. The molecule has 100 valence electrons. The molecule has 2 rings (SSSR count). The van der Waals surface area contributed by atoms with Gasteiger partial charge in [-0.3, -0.25) is 0 Å². The molecule has 1 aromatic carbocycles. The number of anilines is 1. The van der Waals surface area contributed by atoms with E-state index < -0.39 is 0 Å². The fourth-order valence-corrected chi connectivity index (χ4v) is 1.88. The molecule has 0 bridgehead atoms. The second kappa shape index (κ2) is 5.39. The van der Waals surface area contributed by atoms with Crippen LogP contribution in [0.15, 0.2) is 30.3 Å². The molecule has 0 saturated heterocycles. The Hall–Kier alpha value is -1.90. The van der Waals surface area contributed by atoms with Crippen LogP contribution in [0.2, 0.25) is 0 Å². The van der Waals surface area contributed by atoms with Crippen molar-refractivity contribution in [1.29, 1.82) is 0 Å². The van der Waals surface area contributed by atoms with Crippen LogP contribution in [-0.4, -0.2) is 9.97 Å². The monoisotopic (exact) mass is 255 g/mol. The van der Waals surface area contributed by atoms with E-state index in [0.717, 1.165) is 28.5 Å². The van der Waals surface area contributed by atoms with Crippen LogP contribution in [0.5, 0.6) is 0 Å². The number of rotatable bonds is 3. The van der Waals surface area contributed by atoms with Crippen LogP contribution in [0.4, 0.5) is 5.69 Å². The second-order valence-corrected chi connectivity index (χ2v) is 5.48. The van der Waals surface area contributed by atoms with Crippen LogP contribution < -0.4 is 5.73 Å². The summed E-state index contributed by atoms with van der Waals surface area (Å²) in [4.78, 5) is 9.32. The maximum absolute atomic E-state index is 5.84. The van der Waals surface area contributed by atoms with Gasteiger partial charge < -0.3 is 5.73 Å². The van der Waals surface area contributed by atoms with Crippen LogP contribution in [-0.2, 0) is 0 Å². The van der Waals surface area contributed by atoms with Gasteiger partial charge in [-0.05, 0) is 30.0 Å². The SMILES string of the molecule is CC(C)c1cc(C(C)C)nc(-c2cccc(N)c2)n1. The summed E-state index contributed by atoms with van der Waals surface area (Å²) in [7, 11) is 0. The number of hydrogen-bond donors (Lipinski definition) is 1. The Kier molecular flexibility index (Phi) is 3.84. The number of aromatic nitrogens is 2. The van der Waals surface area contributed by atoms with Crippen molar-refractivity contribution in [2.75, 3.05) is 5.73 Å². The average molecular weight is 255 g/mol. The van der Waals surface area contributed by atoms with E-state index in [1.165, 1.54) is 0 Å². The number of nitrogen functional groups attached to an aromatic ring is 1. The van der Waals surface area contributed by atoms with E-state index in [4.69, 9.17) is 5.73 Å². The highest BCUT2D eigenvalue weighted by molar-refractivity contribution is 5.61. The molecule has 0 amide bonds. The first-order valence-corrected chi connectivity index (χ1v) is 6.72. The first-order valence-electron chi connectivity index (χ1n) is 6.72. The normalized spacial score (nSPS) is 11.3. The zero-order valence-electron chi connectivity index (χ0n) is 12.0.